The molecule has 0 aliphatic heterocycles. The lowest BCUT2D eigenvalue weighted by Crippen LogP contribution is -2.30. The zero-order valence-electron chi connectivity index (χ0n) is 13.6. The van der Waals surface area contributed by atoms with Crippen molar-refractivity contribution in [3.63, 3.8) is 0 Å². The molecule has 0 aliphatic carbocycles. The third kappa shape index (κ3) is 3.59. The Morgan fingerprint density at radius 1 is 1.17 bits per heavy atom. The zero-order chi connectivity index (χ0) is 17.3. The summed E-state index contributed by atoms with van der Waals surface area (Å²) in [6.07, 6.45) is 3.31. The van der Waals surface area contributed by atoms with Crippen LogP contribution in [-0.2, 0) is 16.4 Å². The number of pyridine rings is 1. The van der Waals surface area contributed by atoms with Crippen LogP contribution in [0.5, 0.6) is 0 Å². The van der Waals surface area contributed by atoms with Gasteiger partial charge in [0.2, 0.25) is 0 Å². The largest absolute Gasteiger partial charge is 0.259 e. The molecule has 3 N–H and O–H groups in total. The van der Waals surface area contributed by atoms with E-state index in [1.807, 2.05) is 12.1 Å². The summed E-state index contributed by atoms with van der Waals surface area (Å²) in [5, 5.41) is 6.35. The number of hydrogen-bond donors (Lipinski definition) is 2. The van der Waals surface area contributed by atoms with E-state index in [0.29, 0.717) is 6.54 Å². The summed E-state index contributed by atoms with van der Waals surface area (Å²) in [4.78, 5) is 13.1. The van der Waals surface area contributed by atoms with Crippen LogP contribution >= 0.6 is 0 Å². The van der Waals surface area contributed by atoms with Crippen LogP contribution < -0.4 is 9.86 Å². The molecular weight excluding hydrogens is 322 g/mol. The van der Waals surface area contributed by atoms with Crippen molar-refractivity contribution in [3.05, 3.63) is 53.6 Å². The summed E-state index contributed by atoms with van der Waals surface area (Å²) < 4.78 is 14.0. The molecule has 2 heterocycles. The number of hydrogen-bond acceptors (Lipinski definition) is 4. The first kappa shape index (κ1) is 16.5. The molecule has 3 aromatic rings. The number of nitrogens with one attached hydrogen (secondary N) is 1. The predicted octanol–water partition coefficient (Wildman–Crippen LogP) is 1.90. The lowest BCUT2D eigenvalue weighted by Gasteiger charge is -2.09. The quantitative estimate of drug-likeness (QED) is 0.709. The van der Waals surface area contributed by atoms with Crippen LogP contribution in [0.3, 0.4) is 0 Å². The van der Waals surface area contributed by atoms with Gasteiger partial charge in [-0.25, -0.2) is 24.0 Å². The Kier molecular flexibility index (Phi) is 4.31. The average molecular weight is 341 g/mol. The van der Waals surface area contributed by atoms with Gasteiger partial charge in [-0.2, -0.15) is 0 Å². The number of aryl methyl sites for hydroxylation is 2. The van der Waals surface area contributed by atoms with Gasteiger partial charge in [0.25, 0.3) is 0 Å². The fraction of sp³-hybridized carbons (Fsp3) is 0.176. The first-order valence-corrected chi connectivity index (χ1v) is 9.19. The minimum Gasteiger partial charge on any atom is -0.259 e. The second-order valence-corrected chi connectivity index (χ2v) is 7.50. The number of nitrogens with zero attached hydrogens (tertiary/aromatic N) is 3. The first-order valence-electron chi connectivity index (χ1n) is 7.40. The third-order valence-corrected chi connectivity index (χ3v) is 4.48. The second kappa shape index (κ2) is 6.27. The second-order valence-electron chi connectivity index (χ2n) is 5.76. The van der Waals surface area contributed by atoms with Crippen LogP contribution in [0.1, 0.15) is 16.8 Å². The average Bonchev–Trinajstić information content (AvgIpc) is 2.53. The molecule has 3 rings (SSSR count). The maximum absolute atomic E-state index is 11.4. The SMILES string of the molecule is C=S(N)(=O)NCc1ccc(-c2ncnc3cc(C)c(C)cc23)cn1. The van der Waals surface area contributed by atoms with Gasteiger partial charge in [-0.15, -0.1) is 0 Å². The summed E-state index contributed by atoms with van der Waals surface area (Å²) in [6, 6.07) is 7.94. The van der Waals surface area contributed by atoms with Crippen LogP contribution in [0.15, 0.2) is 36.8 Å². The molecule has 0 radical (unpaired) electrons. The standard InChI is InChI=1S/C17H19N5OS/c1-11-6-15-16(7-12(11)2)20-10-21-17(15)13-4-5-14(19-8-13)9-22-24(3,18)23/h4-8,10H,3,9H2,1-2H3,(H3,18,22,23). The molecule has 0 saturated heterocycles. The van der Waals surface area contributed by atoms with E-state index in [9.17, 15) is 4.21 Å². The Bertz CT molecular complexity index is 997. The molecule has 0 spiro atoms. The highest BCUT2D eigenvalue weighted by atomic mass is 32.2. The van der Waals surface area contributed by atoms with Gasteiger partial charge in [-0.05, 0) is 55.1 Å². The van der Waals surface area contributed by atoms with E-state index in [-0.39, 0.29) is 0 Å². The van der Waals surface area contributed by atoms with Gasteiger partial charge in [0.15, 0.2) is 0 Å². The maximum Gasteiger partial charge on any atom is 0.116 e. The summed E-state index contributed by atoms with van der Waals surface area (Å²) in [5.41, 5.74) is 5.78. The van der Waals surface area contributed by atoms with E-state index in [2.05, 4.69) is 51.5 Å². The van der Waals surface area contributed by atoms with Gasteiger partial charge in [0.1, 0.15) is 6.33 Å². The highest BCUT2D eigenvalue weighted by Gasteiger charge is 2.09. The van der Waals surface area contributed by atoms with Crippen molar-refractivity contribution >= 4 is 26.7 Å². The number of fused-ring (bicyclic) bond motifs is 1. The van der Waals surface area contributed by atoms with Crippen LogP contribution in [0.4, 0.5) is 0 Å². The van der Waals surface area contributed by atoms with Crippen molar-refractivity contribution in [1.82, 2.24) is 19.7 Å². The Hall–Kier alpha value is -2.35. The lowest BCUT2D eigenvalue weighted by molar-refractivity contribution is 0.670. The molecule has 0 bridgehead atoms. The monoisotopic (exact) mass is 341 g/mol. The number of aromatic nitrogens is 3. The summed E-state index contributed by atoms with van der Waals surface area (Å²) in [5.74, 6) is 3.35. The zero-order valence-corrected chi connectivity index (χ0v) is 14.4. The number of nitrogens with two attached hydrogens (primary N) is 1. The highest BCUT2D eigenvalue weighted by molar-refractivity contribution is 7.96. The van der Waals surface area contributed by atoms with Gasteiger partial charge < -0.3 is 0 Å². The minimum atomic E-state index is -2.73. The molecule has 24 heavy (non-hydrogen) atoms. The number of rotatable bonds is 4. The van der Waals surface area contributed by atoms with Crippen LogP contribution in [0.2, 0.25) is 0 Å². The molecule has 1 aromatic carbocycles. The Morgan fingerprint density at radius 3 is 2.58 bits per heavy atom. The molecule has 1 unspecified atom stereocenters. The third-order valence-electron chi connectivity index (χ3n) is 3.85. The Morgan fingerprint density at radius 2 is 1.92 bits per heavy atom. The maximum atomic E-state index is 11.4. The van der Waals surface area contributed by atoms with Crippen molar-refractivity contribution in [2.24, 2.45) is 5.14 Å². The van der Waals surface area contributed by atoms with E-state index >= 15 is 0 Å². The lowest BCUT2D eigenvalue weighted by atomic mass is 10.0. The molecule has 0 saturated carbocycles. The van der Waals surface area contributed by atoms with E-state index in [1.54, 1.807) is 12.5 Å². The van der Waals surface area contributed by atoms with Gasteiger partial charge in [0, 0.05) is 17.1 Å². The minimum absolute atomic E-state index is 0.294. The van der Waals surface area contributed by atoms with Crippen LogP contribution in [-0.4, -0.2) is 25.0 Å². The van der Waals surface area contributed by atoms with Crippen LogP contribution in [0, 0.1) is 13.8 Å². The van der Waals surface area contributed by atoms with Crippen molar-refractivity contribution in [3.8, 4) is 11.3 Å². The number of benzene rings is 1. The van der Waals surface area contributed by atoms with Gasteiger partial charge in [0.05, 0.1) is 33.3 Å². The summed E-state index contributed by atoms with van der Waals surface area (Å²) in [6.45, 7) is 4.43. The molecule has 0 fully saturated rings. The van der Waals surface area contributed by atoms with E-state index in [1.165, 1.54) is 11.1 Å². The van der Waals surface area contributed by atoms with Gasteiger partial charge >= 0.3 is 0 Å². The van der Waals surface area contributed by atoms with E-state index < -0.39 is 9.89 Å². The summed E-state index contributed by atoms with van der Waals surface area (Å²) >= 11 is 0. The van der Waals surface area contributed by atoms with E-state index in [4.69, 9.17) is 5.14 Å². The smallest absolute Gasteiger partial charge is 0.116 e. The van der Waals surface area contributed by atoms with Crippen molar-refractivity contribution < 1.29 is 4.21 Å². The van der Waals surface area contributed by atoms with Crippen molar-refractivity contribution in [2.45, 2.75) is 20.4 Å². The van der Waals surface area contributed by atoms with Crippen molar-refractivity contribution in [2.75, 3.05) is 0 Å². The molecule has 124 valence electrons. The fourth-order valence-electron chi connectivity index (χ4n) is 2.41. The summed E-state index contributed by atoms with van der Waals surface area (Å²) in [7, 11) is -2.73. The Balaban J connectivity index is 1.97. The van der Waals surface area contributed by atoms with Gasteiger partial charge in [-0.3, -0.25) is 4.98 Å². The van der Waals surface area contributed by atoms with Gasteiger partial charge in [-0.1, -0.05) is 0 Å². The molecule has 7 heteroatoms. The van der Waals surface area contributed by atoms with Crippen molar-refractivity contribution in [1.29, 1.82) is 0 Å². The highest BCUT2D eigenvalue weighted by Crippen LogP contribution is 2.27. The van der Waals surface area contributed by atoms with Crippen LogP contribution in [0.25, 0.3) is 22.2 Å². The molecular formula is C17H19N5OS. The molecule has 6 nitrogen and oxygen atoms in total. The molecule has 0 aliphatic rings. The topological polar surface area (TPSA) is 93.8 Å². The molecule has 0 amide bonds. The first-order chi connectivity index (χ1) is 11.3. The fourth-order valence-corrected chi connectivity index (χ4v) is 2.80. The Labute approximate surface area is 141 Å². The molecule has 1 atom stereocenters. The normalized spacial score (nSPS) is 13.8. The molecule has 2 aromatic heterocycles. The van der Waals surface area contributed by atoms with E-state index in [0.717, 1.165) is 27.9 Å². The predicted molar refractivity (Wildman–Crippen MR) is 98.5 cm³/mol.